The number of carboxylic acids is 1. The Hall–Kier alpha value is -0.790. The highest BCUT2D eigenvalue weighted by Gasteiger charge is 2.47. The molecule has 14 heavy (non-hydrogen) atoms. The smallest absolute Gasteiger partial charge is 0.307 e. The molecule has 0 aromatic heterocycles. The van der Waals surface area contributed by atoms with Gasteiger partial charge in [0.25, 0.3) is 0 Å². The second-order valence-corrected chi connectivity index (χ2v) is 5.07. The average Bonchev–Trinajstić information content (AvgIpc) is 2.68. The number of hydrogen-bond donors (Lipinski definition) is 1. The third kappa shape index (κ3) is 1.06. The van der Waals surface area contributed by atoms with E-state index in [1.807, 2.05) is 0 Å². The fourth-order valence-electron chi connectivity index (χ4n) is 4.02. The van der Waals surface area contributed by atoms with Crippen molar-refractivity contribution in [1.82, 2.24) is 0 Å². The van der Waals surface area contributed by atoms with E-state index in [0.717, 1.165) is 24.2 Å². The minimum absolute atomic E-state index is 0.315. The van der Waals surface area contributed by atoms with Gasteiger partial charge in [0.1, 0.15) is 0 Å². The molecule has 3 atom stereocenters. The van der Waals surface area contributed by atoms with Crippen LogP contribution in [0.5, 0.6) is 0 Å². The Labute approximate surface area is 84.0 Å². The van der Waals surface area contributed by atoms with E-state index in [-0.39, 0.29) is 0 Å². The molecule has 0 aromatic carbocycles. The van der Waals surface area contributed by atoms with Gasteiger partial charge in [0.2, 0.25) is 0 Å². The lowest BCUT2D eigenvalue weighted by molar-refractivity contribution is -0.136. The number of aliphatic carboxylic acids is 1. The topological polar surface area (TPSA) is 37.3 Å². The molecule has 2 saturated carbocycles. The largest absolute Gasteiger partial charge is 0.481 e. The second-order valence-electron chi connectivity index (χ2n) is 5.07. The van der Waals surface area contributed by atoms with Gasteiger partial charge >= 0.3 is 5.97 Å². The monoisotopic (exact) mass is 192 g/mol. The van der Waals surface area contributed by atoms with Crippen LogP contribution in [0.4, 0.5) is 0 Å². The second kappa shape index (κ2) is 2.85. The first-order valence-corrected chi connectivity index (χ1v) is 5.68. The summed E-state index contributed by atoms with van der Waals surface area (Å²) in [6, 6.07) is 0. The quantitative estimate of drug-likeness (QED) is 0.683. The molecule has 2 bridgehead atoms. The number of carbonyl (C=O) groups is 1. The molecule has 2 heteroatoms. The SMILES string of the molecule is O=C(O)CC1=C2CC(C1)C1CCCC21. The van der Waals surface area contributed by atoms with Gasteiger partial charge in [-0.3, -0.25) is 4.79 Å². The van der Waals surface area contributed by atoms with Crippen LogP contribution in [0.2, 0.25) is 0 Å². The maximum absolute atomic E-state index is 10.7. The van der Waals surface area contributed by atoms with Crippen molar-refractivity contribution in [3.8, 4) is 0 Å². The van der Waals surface area contributed by atoms with Crippen LogP contribution in [-0.2, 0) is 4.79 Å². The number of rotatable bonds is 2. The Bertz CT molecular complexity index is 316. The lowest BCUT2D eigenvalue weighted by Crippen LogP contribution is -2.15. The van der Waals surface area contributed by atoms with E-state index in [9.17, 15) is 4.79 Å². The first kappa shape index (κ1) is 8.51. The highest BCUT2D eigenvalue weighted by molar-refractivity contribution is 5.70. The summed E-state index contributed by atoms with van der Waals surface area (Å²) in [6.45, 7) is 0. The lowest BCUT2D eigenvalue weighted by Gasteiger charge is -2.23. The zero-order valence-corrected chi connectivity index (χ0v) is 8.33. The Morgan fingerprint density at radius 2 is 2.21 bits per heavy atom. The minimum Gasteiger partial charge on any atom is -0.481 e. The van der Waals surface area contributed by atoms with E-state index in [1.54, 1.807) is 5.57 Å². The van der Waals surface area contributed by atoms with Gasteiger partial charge in [-0.1, -0.05) is 17.6 Å². The van der Waals surface area contributed by atoms with Crippen molar-refractivity contribution in [1.29, 1.82) is 0 Å². The van der Waals surface area contributed by atoms with Gasteiger partial charge in [0.05, 0.1) is 6.42 Å². The van der Waals surface area contributed by atoms with E-state index >= 15 is 0 Å². The van der Waals surface area contributed by atoms with Crippen molar-refractivity contribution in [2.24, 2.45) is 17.8 Å². The minimum atomic E-state index is -0.644. The van der Waals surface area contributed by atoms with Crippen LogP contribution < -0.4 is 0 Å². The van der Waals surface area contributed by atoms with Crippen LogP contribution in [0.25, 0.3) is 0 Å². The standard InChI is InChI=1S/C12H16O2/c13-12(14)6-8-4-7-5-11(8)10-3-1-2-9(7)10/h7,9-10H,1-6H2,(H,13,14). The van der Waals surface area contributed by atoms with Gasteiger partial charge in [0, 0.05) is 0 Å². The summed E-state index contributed by atoms with van der Waals surface area (Å²) in [4.78, 5) is 10.7. The van der Waals surface area contributed by atoms with Crippen molar-refractivity contribution >= 4 is 5.97 Å². The summed E-state index contributed by atoms with van der Waals surface area (Å²) in [5.41, 5.74) is 2.84. The predicted octanol–water partition coefficient (Wildman–Crippen LogP) is 2.60. The molecule has 0 heterocycles. The highest BCUT2D eigenvalue weighted by atomic mass is 16.4. The Morgan fingerprint density at radius 1 is 1.36 bits per heavy atom. The zero-order valence-electron chi connectivity index (χ0n) is 8.33. The Kier molecular flexibility index (Phi) is 1.73. The molecule has 0 saturated heterocycles. The Morgan fingerprint density at radius 3 is 3.00 bits per heavy atom. The number of fused-ring (bicyclic) bond motifs is 5. The highest BCUT2D eigenvalue weighted by Crippen LogP contribution is 2.58. The summed E-state index contributed by atoms with van der Waals surface area (Å²) in [5.74, 6) is 1.91. The molecular formula is C12H16O2. The molecule has 2 nitrogen and oxygen atoms in total. The van der Waals surface area contributed by atoms with E-state index in [2.05, 4.69) is 0 Å². The molecule has 0 aromatic rings. The third-order valence-corrected chi connectivity index (χ3v) is 4.43. The first-order chi connectivity index (χ1) is 6.75. The maximum atomic E-state index is 10.7. The molecular weight excluding hydrogens is 176 g/mol. The van der Waals surface area contributed by atoms with Crippen molar-refractivity contribution in [2.45, 2.75) is 38.5 Å². The van der Waals surface area contributed by atoms with Crippen LogP contribution in [0.3, 0.4) is 0 Å². The molecule has 0 spiro atoms. The van der Waals surface area contributed by atoms with E-state index in [4.69, 9.17) is 5.11 Å². The molecule has 0 aliphatic heterocycles. The van der Waals surface area contributed by atoms with Crippen LogP contribution >= 0.6 is 0 Å². The fourth-order valence-corrected chi connectivity index (χ4v) is 4.02. The summed E-state index contributed by atoms with van der Waals surface area (Å²) < 4.78 is 0. The molecule has 1 N–H and O–H groups in total. The van der Waals surface area contributed by atoms with Gasteiger partial charge < -0.3 is 5.11 Å². The van der Waals surface area contributed by atoms with Gasteiger partial charge in [-0.15, -0.1) is 0 Å². The van der Waals surface area contributed by atoms with Crippen LogP contribution in [-0.4, -0.2) is 11.1 Å². The van der Waals surface area contributed by atoms with Crippen LogP contribution in [0, 0.1) is 17.8 Å². The summed E-state index contributed by atoms with van der Waals surface area (Å²) >= 11 is 0. The Balaban J connectivity index is 1.87. The van der Waals surface area contributed by atoms with Crippen LogP contribution in [0.1, 0.15) is 38.5 Å². The third-order valence-electron chi connectivity index (χ3n) is 4.43. The average molecular weight is 192 g/mol. The number of carboxylic acid groups (broad SMARTS) is 1. The molecule has 3 aliphatic rings. The van der Waals surface area contributed by atoms with E-state index in [0.29, 0.717) is 6.42 Å². The van der Waals surface area contributed by atoms with Crippen molar-refractivity contribution in [3.05, 3.63) is 11.1 Å². The summed E-state index contributed by atoms with van der Waals surface area (Å²) in [6.07, 6.45) is 6.75. The van der Waals surface area contributed by atoms with Gasteiger partial charge in [-0.25, -0.2) is 0 Å². The summed E-state index contributed by atoms with van der Waals surface area (Å²) in [7, 11) is 0. The maximum Gasteiger partial charge on any atom is 0.307 e. The van der Waals surface area contributed by atoms with Crippen molar-refractivity contribution < 1.29 is 9.90 Å². The predicted molar refractivity (Wildman–Crippen MR) is 52.8 cm³/mol. The normalized spacial score (nSPS) is 39.3. The molecule has 3 rings (SSSR count). The van der Waals surface area contributed by atoms with E-state index < -0.39 is 5.97 Å². The first-order valence-electron chi connectivity index (χ1n) is 5.68. The molecule has 0 radical (unpaired) electrons. The number of hydrogen-bond acceptors (Lipinski definition) is 1. The number of allylic oxidation sites excluding steroid dienone is 1. The molecule has 2 fully saturated rings. The molecule has 0 amide bonds. The zero-order chi connectivity index (χ0) is 9.71. The van der Waals surface area contributed by atoms with Crippen molar-refractivity contribution in [2.75, 3.05) is 0 Å². The van der Waals surface area contributed by atoms with E-state index in [1.165, 1.54) is 31.3 Å². The molecule has 3 aliphatic carbocycles. The van der Waals surface area contributed by atoms with Crippen LogP contribution in [0.15, 0.2) is 11.1 Å². The fraction of sp³-hybridized carbons (Fsp3) is 0.750. The van der Waals surface area contributed by atoms with Gasteiger partial charge in [-0.2, -0.15) is 0 Å². The molecule has 3 unspecified atom stereocenters. The van der Waals surface area contributed by atoms with Gasteiger partial charge in [0.15, 0.2) is 0 Å². The summed E-state index contributed by atoms with van der Waals surface area (Å²) in [5, 5.41) is 8.81. The lowest BCUT2D eigenvalue weighted by atomic mass is 9.82. The van der Waals surface area contributed by atoms with Crippen molar-refractivity contribution in [3.63, 3.8) is 0 Å². The molecule has 76 valence electrons. The van der Waals surface area contributed by atoms with Gasteiger partial charge in [-0.05, 0) is 43.4 Å².